The maximum absolute atomic E-state index is 11.6. The van der Waals surface area contributed by atoms with Gasteiger partial charge in [-0.1, -0.05) is 84.5 Å². The number of hydrogen-bond acceptors (Lipinski definition) is 5. The molecule has 0 heterocycles. The Labute approximate surface area is 207 Å². The van der Waals surface area contributed by atoms with Gasteiger partial charge in [0.2, 0.25) is 0 Å². The predicted molar refractivity (Wildman–Crippen MR) is 123 cm³/mol. The summed E-state index contributed by atoms with van der Waals surface area (Å²) in [5, 5.41) is 9.16. The van der Waals surface area contributed by atoms with Crippen LogP contribution in [0.15, 0.2) is 0 Å². The van der Waals surface area contributed by atoms with Crippen LogP contribution in [0.5, 0.6) is 0 Å². The maximum atomic E-state index is 11.6. The first-order valence-electron chi connectivity index (χ1n) is 11.6. The van der Waals surface area contributed by atoms with Gasteiger partial charge in [-0.25, -0.2) is 0 Å². The van der Waals surface area contributed by atoms with Crippen molar-refractivity contribution < 1.29 is 27.6 Å². The molecule has 0 amide bonds. The number of carbonyl (C=O) groups excluding carboxylic acids is 1. The van der Waals surface area contributed by atoms with Crippen LogP contribution in [0.3, 0.4) is 0 Å². The first-order valence-corrected chi connectivity index (χ1v) is 13.1. The smallest absolute Gasteiger partial charge is 0.305 e. The van der Waals surface area contributed by atoms with E-state index >= 15 is 0 Å². The monoisotopic (exact) mass is 459 g/mol. The summed E-state index contributed by atoms with van der Waals surface area (Å²) in [6.45, 7) is 4.70. The molecule has 2 N–H and O–H groups in total. The van der Waals surface area contributed by atoms with Crippen LogP contribution < -0.4 is 0 Å². The van der Waals surface area contributed by atoms with Crippen molar-refractivity contribution >= 4 is 45.6 Å². The van der Waals surface area contributed by atoms with E-state index in [4.69, 9.17) is 4.74 Å². The molecule has 175 valence electrons. The first-order chi connectivity index (χ1) is 13.8. The van der Waals surface area contributed by atoms with E-state index in [1.165, 1.54) is 19.3 Å². The minimum absolute atomic E-state index is 0. The third-order valence-corrected chi connectivity index (χ3v) is 6.61. The second-order valence-electron chi connectivity index (χ2n) is 8.06. The van der Waals surface area contributed by atoms with Crippen LogP contribution in [0.25, 0.3) is 0 Å². The summed E-state index contributed by atoms with van der Waals surface area (Å²) >= 11 is 0. The molecule has 0 bridgehead atoms. The Kier molecular flexibility index (Phi) is 23.0. The van der Waals surface area contributed by atoms with Gasteiger partial charge in [0.05, 0.1) is 12.7 Å². The topological polar surface area (TPSA) is 101 Å². The van der Waals surface area contributed by atoms with Crippen LogP contribution in [-0.4, -0.2) is 71.6 Å². The van der Waals surface area contributed by atoms with Crippen molar-refractivity contribution in [2.75, 3.05) is 6.61 Å². The van der Waals surface area contributed by atoms with Gasteiger partial charge >= 0.3 is 5.97 Å². The van der Waals surface area contributed by atoms with Gasteiger partial charge in [0.25, 0.3) is 10.1 Å². The van der Waals surface area contributed by atoms with E-state index in [1.807, 2.05) is 6.92 Å². The van der Waals surface area contributed by atoms with Gasteiger partial charge in [-0.15, -0.1) is 0 Å². The number of carbonyl (C=O) groups is 1. The van der Waals surface area contributed by atoms with Crippen molar-refractivity contribution in [3.8, 4) is 0 Å². The van der Waals surface area contributed by atoms with Gasteiger partial charge < -0.3 is 9.84 Å². The van der Waals surface area contributed by atoms with Crippen molar-refractivity contribution in [1.29, 1.82) is 0 Å². The van der Waals surface area contributed by atoms with E-state index in [0.717, 1.165) is 57.8 Å². The number of ether oxygens (including phenoxy) is 1. The van der Waals surface area contributed by atoms with Crippen molar-refractivity contribution in [2.24, 2.45) is 0 Å². The molecule has 0 aromatic rings. The third kappa shape index (κ3) is 19.1. The molecule has 0 aromatic carbocycles. The van der Waals surface area contributed by atoms with Crippen molar-refractivity contribution in [3.63, 3.8) is 0 Å². The largest absolute Gasteiger partial charge is 0.466 e. The Balaban J connectivity index is 0. The fraction of sp³-hybridized carbons (Fsp3) is 0.955. The van der Waals surface area contributed by atoms with Gasteiger partial charge in [-0.05, 0) is 25.7 Å². The minimum Gasteiger partial charge on any atom is -0.466 e. The van der Waals surface area contributed by atoms with Gasteiger partial charge in [-0.2, -0.15) is 8.42 Å². The van der Waals surface area contributed by atoms with Gasteiger partial charge in [0.1, 0.15) is 5.25 Å². The normalized spacial score (nSPS) is 13.5. The second-order valence-corrected chi connectivity index (χ2v) is 9.69. The van der Waals surface area contributed by atoms with E-state index in [-0.39, 0.29) is 41.9 Å². The van der Waals surface area contributed by atoms with E-state index in [2.05, 4.69) is 6.92 Å². The standard InChI is InChI=1S/C22H44O6S.Na/c1-3-5-7-8-10-13-16-20(23)21(29(25,26)27)17-14-11-9-12-15-18-22(24)28-19-6-4-2;/h20-21,23H,3-19H2,1-2H3,(H,25,26,27);. The molecule has 0 aliphatic heterocycles. The van der Waals surface area contributed by atoms with Crippen LogP contribution in [0, 0.1) is 0 Å². The summed E-state index contributed by atoms with van der Waals surface area (Å²) in [6.07, 6.45) is 12.4. The molecule has 0 spiro atoms. The second kappa shape index (κ2) is 21.2. The third-order valence-electron chi connectivity index (χ3n) is 5.30. The molecule has 0 rings (SSSR count). The molecule has 2 unspecified atom stereocenters. The van der Waals surface area contributed by atoms with Crippen LogP contribution in [0.4, 0.5) is 0 Å². The van der Waals surface area contributed by atoms with Crippen LogP contribution in [0.2, 0.25) is 0 Å². The average molecular weight is 460 g/mol. The number of esters is 1. The molecule has 0 saturated carbocycles. The van der Waals surface area contributed by atoms with Gasteiger partial charge in [-0.3, -0.25) is 9.35 Å². The Morgan fingerprint density at radius 3 is 1.87 bits per heavy atom. The molecule has 30 heavy (non-hydrogen) atoms. The van der Waals surface area contributed by atoms with E-state index in [1.54, 1.807) is 0 Å². The Morgan fingerprint density at radius 2 is 1.30 bits per heavy atom. The number of aliphatic hydroxyl groups is 1. The van der Waals surface area contributed by atoms with Crippen LogP contribution >= 0.6 is 0 Å². The summed E-state index contributed by atoms with van der Waals surface area (Å²) in [4.78, 5) is 11.5. The van der Waals surface area contributed by atoms with Crippen molar-refractivity contribution in [3.05, 3.63) is 0 Å². The van der Waals surface area contributed by atoms with Crippen LogP contribution in [-0.2, 0) is 19.6 Å². The molecule has 0 aliphatic carbocycles. The number of aliphatic hydroxyl groups excluding tert-OH is 1. The number of unbranched alkanes of at least 4 members (excludes halogenated alkanes) is 10. The number of hydrogen-bond donors (Lipinski definition) is 2. The molecule has 0 aromatic heterocycles. The van der Waals surface area contributed by atoms with Crippen LogP contribution in [0.1, 0.15) is 117 Å². The molecule has 0 fully saturated rings. The van der Waals surface area contributed by atoms with Gasteiger partial charge in [0.15, 0.2) is 0 Å². The predicted octanol–water partition coefficient (Wildman–Crippen LogP) is 5.05. The molecule has 6 nitrogen and oxygen atoms in total. The summed E-state index contributed by atoms with van der Waals surface area (Å²) in [5.74, 6) is -0.150. The Bertz CT molecular complexity index is 498. The first kappa shape index (κ1) is 32.5. The SMILES string of the molecule is CCCCCCCCC(O)C(CCCCCCCC(=O)OCCCC)S(=O)(=O)O.[Na]. The summed E-state index contributed by atoms with van der Waals surface area (Å²) in [6, 6.07) is 0. The zero-order valence-corrected chi connectivity index (χ0v) is 22.4. The molecule has 2 atom stereocenters. The zero-order valence-electron chi connectivity index (χ0n) is 19.6. The minimum atomic E-state index is -4.25. The number of rotatable bonds is 20. The maximum Gasteiger partial charge on any atom is 0.305 e. The molecule has 8 heteroatoms. The summed E-state index contributed by atoms with van der Waals surface area (Å²) in [5.41, 5.74) is 0. The zero-order chi connectivity index (χ0) is 22.0. The molecule has 0 aliphatic rings. The van der Waals surface area contributed by atoms with Gasteiger partial charge in [0, 0.05) is 36.0 Å². The van der Waals surface area contributed by atoms with E-state index in [9.17, 15) is 22.9 Å². The van der Waals surface area contributed by atoms with Crippen molar-refractivity contribution in [1.82, 2.24) is 0 Å². The quantitative estimate of drug-likeness (QED) is 0.114. The molecular weight excluding hydrogens is 415 g/mol. The van der Waals surface area contributed by atoms with E-state index < -0.39 is 21.5 Å². The average Bonchev–Trinajstić information content (AvgIpc) is 2.65. The van der Waals surface area contributed by atoms with Crippen molar-refractivity contribution in [2.45, 2.75) is 128 Å². The molecular formula is C22H44NaO6S. The summed E-state index contributed by atoms with van der Waals surface area (Å²) < 4.78 is 37.9. The Hall–Kier alpha value is 0.340. The fourth-order valence-electron chi connectivity index (χ4n) is 3.41. The summed E-state index contributed by atoms with van der Waals surface area (Å²) in [7, 11) is -4.25. The van der Waals surface area contributed by atoms with E-state index in [0.29, 0.717) is 25.9 Å². The molecule has 1 radical (unpaired) electrons. The fourth-order valence-corrected chi connectivity index (χ4v) is 4.40. The Morgan fingerprint density at radius 1 is 0.800 bits per heavy atom. The molecule has 0 saturated heterocycles.